The predicted molar refractivity (Wildman–Crippen MR) is 182 cm³/mol. The maximum absolute atomic E-state index is 13.9. The topological polar surface area (TPSA) is 107 Å². The highest BCUT2D eigenvalue weighted by Crippen LogP contribution is 2.44. The Morgan fingerprint density at radius 1 is 0.933 bits per heavy atom. The van der Waals surface area contributed by atoms with Crippen LogP contribution in [-0.2, 0) is 20.0 Å². The SMILES string of the molecule is CS(=O)(=O)CCCCOc1ccc(-c2cc(C(=O)N3CCC(C(N)=O)(c4ccccc4)CC3)sc2-c2ccc(Cl)cc2Cl)cc1. The first-order chi connectivity index (χ1) is 21.5. The van der Waals surface area contributed by atoms with Gasteiger partial charge in [-0.05, 0) is 67.1 Å². The van der Waals surface area contributed by atoms with Crippen LogP contribution in [0.15, 0.2) is 78.9 Å². The number of sulfone groups is 1. The number of nitrogens with two attached hydrogens (primary N) is 1. The van der Waals surface area contributed by atoms with Gasteiger partial charge < -0.3 is 15.4 Å². The molecule has 1 aromatic heterocycles. The van der Waals surface area contributed by atoms with Gasteiger partial charge in [-0.15, -0.1) is 11.3 Å². The number of amides is 2. The lowest BCUT2D eigenvalue weighted by Crippen LogP contribution is -2.51. The summed E-state index contributed by atoms with van der Waals surface area (Å²) in [7, 11) is -2.99. The van der Waals surface area contributed by atoms with Crippen molar-refractivity contribution in [3.05, 3.63) is 99.3 Å². The van der Waals surface area contributed by atoms with E-state index in [-0.39, 0.29) is 17.6 Å². The molecule has 0 aliphatic carbocycles. The van der Waals surface area contributed by atoms with Crippen molar-refractivity contribution in [3.63, 3.8) is 0 Å². The number of primary amides is 1. The second kappa shape index (κ2) is 14.0. The molecule has 1 saturated heterocycles. The molecular formula is C34H34Cl2N2O5S2. The fourth-order valence-electron chi connectivity index (χ4n) is 5.65. The quantitative estimate of drug-likeness (QED) is 0.168. The lowest BCUT2D eigenvalue weighted by molar-refractivity contribution is -0.125. The molecule has 3 aromatic carbocycles. The number of benzene rings is 3. The number of carbonyl (C=O) groups is 2. The van der Waals surface area contributed by atoms with E-state index in [9.17, 15) is 18.0 Å². The molecule has 236 valence electrons. The van der Waals surface area contributed by atoms with Gasteiger partial charge in [0.05, 0.1) is 27.7 Å². The van der Waals surface area contributed by atoms with Crippen LogP contribution < -0.4 is 10.5 Å². The van der Waals surface area contributed by atoms with Gasteiger partial charge in [-0.1, -0.05) is 71.7 Å². The largest absolute Gasteiger partial charge is 0.494 e. The number of thiophene rings is 1. The molecule has 11 heteroatoms. The molecule has 0 spiro atoms. The molecule has 1 aliphatic rings. The summed E-state index contributed by atoms with van der Waals surface area (Å²) in [6.45, 7) is 1.21. The zero-order chi connectivity index (χ0) is 32.2. The predicted octanol–water partition coefficient (Wildman–Crippen LogP) is 7.25. The Kier molecular flexibility index (Phi) is 10.2. The van der Waals surface area contributed by atoms with E-state index in [0.29, 0.717) is 66.1 Å². The first kappa shape index (κ1) is 33.0. The molecule has 4 aromatic rings. The summed E-state index contributed by atoms with van der Waals surface area (Å²) in [6, 6.07) is 24.3. The van der Waals surface area contributed by atoms with Crippen molar-refractivity contribution in [2.24, 2.45) is 5.73 Å². The zero-order valence-electron chi connectivity index (χ0n) is 24.8. The van der Waals surface area contributed by atoms with Crippen molar-refractivity contribution in [2.45, 2.75) is 31.1 Å². The Bertz CT molecular complexity index is 1780. The van der Waals surface area contributed by atoms with Crippen molar-refractivity contribution in [2.75, 3.05) is 31.7 Å². The Labute approximate surface area is 277 Å². The van der Waals surface area contributed by atoms with Crippen LogP contribution >= 0.6 is 34.5 Å². The number of likely N-dealkylation sites (tertiary alicyclic amines) is 1. The van der Waals surface area contributed by atoms with Crippen molar-refractivity contribution in [1.82, 2.24) is 4.90 Å². The van der Waals surface area contributed by atoms with Crippen LogP contribution in [0.4, 0.5) is 0 Å². The molecule has 0 atom stereocenters. The highest BCUT2D eigenvalue weighted by molar-refractivity contribution is 7.90. The maximum atomic E-state index is 13.9. The van der Waals surface area contributed by atoms with E-state index in [1.54, 1.807) is 17.0 Å². The summed E-state index contributed by atoms with van der Waals surface area (Å²) >= 11 is 14.2. The third-order valence-corrected chi connectivity index (χ3v) is 10.9. The number of halogens is 2. The van der Waals surface area contributed by atoms with E-state index < -0.39 is 15.3 Å². The van der Waals surface area contributed by atoms with Crippen molar-refractivity contribution in [1.29, 1.82) is 0 Å². The number of hydrogen-bond donors (Lipinski definition) is 1. The van der Waals surface area contributed by atoms with E-state index >= 15 is 0 Å². The van der Waals surface area contributed by atoms with Crippen molar-refractivity contribution < 1.29 is 22.7 Å². The average molecular weight is 686 g/mol. The fraction of sp³-hybridized carbons (Fsp3) is 0.294. The maximum Gasteiger partial charge on any atom is 0.263 e. The highest BCUT2D eigenvalue weighted by Gasteiger charge is 2.42. The zero-order valence-corrected chi connectivity index (χ0v) is 27.9. The minimum absolute atomic E-state index is 0.113. The van der Waals surface area contributed by atoms with Crippen LogP contribution in [0.25, 0.3) is 21.6 Å². The molecule has 0 bridgehead atoms. The Hall–Kier alpha value is -3.37. The summed E-state index contributed by atoms with van der Waals surface area (Å²) in [6.07, 6.45) is 3.30. The minimum atomic E-state index is -2.99. The molecule has 7 nitrogen and oxygen atoms in total. The van der Waals surface area contributed by atoms with Crippen molar-refractivity contribution in [3.8, 4) is 27.3 Å². The van der Waals surface area contributed by atoms with Gasteiger partial charge >= 0.3 is 0 Å². The van der Waals surface area contributed by atoms with Crippen LogP contribution in [0.2, 0.25) is 10.0 Å². The molecule has 1 fully saturated rings. The minimum Gasteiger partial charge on any atom is -0.494 e. The molecule has 1 aliphatic heterocycles. The number of piperidine rings is 1. The Balaban J connectivity index is 1.37. The Morgan fingerprint density at radius 2 is 1.62 bits per heavy atom. The van der Waals surface area contributed by atoms with Crippen LogP contribution in [0.3, 0.4) is 0 Å². The van der Waals surface area contributed by atoms with Crippen LogP contribution in [-0.4, -0.2) is 56.8 Å². The smallest absolute Gasteiger partial charge is 0.263 e. The van der Waals surface area contributed by atoms with Crippen LogP contribution in [0.1, 0.15) is 40.9 Å². The summed E-state index contributed by atoms with van der Waals surface area (Å²) in [5, 5.41) is 0.992. The third-order valence-electron chi connectivity index (χ3n) is 8.16. The van der Waals surface area contributed by atoms with Crippen molar-refractivity contribution >= 4 is 56.2 Å². The second-order valence-electron chi connectivity index (χ2n) is 11.3. The Morgan fingerprint density at radius 3 is 2.24 bits per heavy atom. The molecular weight excluding hydrogens is 651 g/mol. The normalized spacial score (nSPS) is 14.7. The number of carbonyl (C=O) groups excluding carboxylic acids is 2. The molecule has 0 radical (unpaired) electrons. The van der Waals surface area contributed by atoms with E-state index in [4.69, 9.17) is 33.7 Å². The lowest BCUT2D eigenvalue weighted by atomic mass is 9.72. The van der Waals surface area contributed by atoms with Gasteiger partial charge in [-0.25, -0.2) is 8.42 Å². The van der Waals surface area contributed by atoms with E-state index in [1.165, 1.54) is 17.6 Å². The highest BCUT2D eigenvalue weighted by atomic mass is 35.5. The third kappa shape index (κ3) is 7.72. The monoisotopic (exact) mass is 684 g/mol. The fourth-order valence-corrected chi connectivity index (χ4v) is 8.13. The first-order valence-corrected chi connectivity index (χ1v) is 18.2. The molecule has 45 heavy (non-hydrogen) atoms. The summed E-state index contributed by atoms with van der Waals surface area (Å²) in [4.78, 5) is 29.7. The average Bonchev–Trinajstić information content (AvgIpc) is 3.46. The molecule has 2 amide bonds. The van der Waals surface area contributed by atoms with Gasteiger partial charge in [0.25, 0.3) is 5.91 Å². The molecule has 2 N–H and O–H groups in total. The number of unbranched alkanes of at least 4 members (excludes halogenated alkanes) is 1. The van der Waals surface area contributed by atoms with E-state index in [1.807, 2.05) is 66.7 Å². The number of hydrogen-bond acceptors (Lipinski definition) is 6. The summed E-state index contributed by atoms with van der Waals surface area (Å²) in [5.74, 6) is 0.319. The van der Waals surface area contributed by atoms with Gasteiger partial charge in [0.15, 0.2) is 0 Å². The van der Waals surface area contributed by atoms with Gasteiger partial charge in [0.2, 0.25) is 5.91 Å². The molecule has 2 heterocycles. The number of rotatable bonds is 11. The van der Waals surface area contributed by atoms with Gasteiger partial charge in [0, 0.05) is 40.4 Å². The summed E-state index contributed by atoms with van der Waals surface area (Å²) < 4.78 is 28.5. The van der Waals surface area contributed by atoms with Crippen LogP contribution in [0.5, 0.6) is 5.75 Å². The number of ether oxygens (including phenoxy) is 1. The van der Waals surface area contributed by atoms with Gasteiger partial charge in [0.1, 0.15) is 15.6 Å². The second-order valence-corrected chi connectivity index (χ2v) is 15.4. The summed E-state index contributed by atoms with van der Waals surface area (Å²) in [5.41, 5.74) is 8.48. The number of nitrogens with zero attached hydrogens (tertiary/aromatic N) is 1. The van der Waals surface area contributed by atoms with Gasteiger partial charge in [-0.3, -0.25) is 9.59 Å². The van der Waals surface area contributed by atoms with Crippen LogP contribution in [0, 0.1) is 0 Å². The molecule has 0 unspecified atom stereocenters. The van der Waals surface area contributed by atoms with E-state index in [0.717, 1.165) is 27.1 Å². The standard InChI is InChI=1S/C34H34Cl2N2O5S2/c1-45(41,42)20-6-5-19-43-26-12-9-23(10-13-26)28-22-30(44-31(28)27-14-11-25(35)21-29(27)36)32(39)38-17-15-34(16-18-38,33(37)40)24-7-3-2-4-8-24/h2-4,7-14,21-22H,5-6,15-20H2,1H3,(H2,37,40). The molecule has 5 rings (SSSR count). The van der Waals surface area contributed by atoms with Gasteiger partial charge in [-0.2, -0.15) is 0 Å². The van der Waals surface area contributed by atoms with E-state index in [2.05, 4.69) is 0 Å². The lowest BCUT2D eigenvalue weighted by Gasteiger charge is -2.40. The first-order valence-electron chi connectivity index (χ1n) is 14.6. The molecule has 0 saturated carbocycles.